The standard InChI is InChI=1S/C16H30N2O3/c1-2-8-17-16(15(19)20)7-3-5-14(16)6-10-18-9-4-12-21-13-11-18/h14,17H,2-13H2,1H3,(H,19,20). The molecule has 1 heterocycles. The maximum Gasteiger partial charge on any atom is 0.324 e. The van der Waals surface area contributed by atoms with Crippen LogP contribution in [0.1, 0.15) is 45.4 Å². The van der Waals surface area contributed by atoms with E-state index in [4.69, 9.17) is 4.74 Å². The van der Waals surface area contributed by atoms with Crippen LogP contribution >= 0.6 is 0 Å². The minimum atomic E-state index is -0.682. The predicted molar refractivity (Wildman–Crippen MR) is 82.5 cm³/mol. The van der Waals surface area contributed by atoms with Crippen molar-refractivity contribution in [3.63, 3.8) is 0 Å². The van der Waals surface area contributed by atoms with Crippen molar-refractivity contribution >= 4 is 5.97 Å². The maximum absolute atomic E-state index is 11.8. The lowest BCUT2D eigenvalue weighted by atomic mass is 9.84. The first kappa shape index (κ1) is 16.7. The topological polar surface area (TPSA) is 61.8 Å². The van der Waals surface area contributed by atoms with Crippen molar-refractivity contribution in [1.82, 2.24) is 10.2 Å². The van der Waals surface area contributed by atoms with Crippen LogP contribution < -0.4 is 5.32 Å². The second-order valence-electron chi connectivity index (χ2n) is 6.39. The summed E-state index contributed by atoms with van der Waals surface area (Å²) in [5.41, 5.74) is -0.682. The lowest BCUT2D eigenvalue weighted by Crippen LogP contribution is -2.55. The summed E-state index contributed by atoms with van der Waals surface area (Å²) in [6.45, 7) is 7.60. The number of carbonyl (C=O) groups is 1. The van der Waals surface area contributed by atoms with Crippen molar-refractivity contribution in [2.75, 3.05) is 39.4 Å². The highest BCUT2D eigenvalue weighted by molar-refractivity contribution is 5.79. The Morgan fingerprint density at radius 2 is 2.24 bits per heavy atom. The smallest absolute Gasteiger partial charge is 0.324 e. The molecular weight excluding hydrogens is 268 g/mol. The number of hydrogen-bond acceptors (Lipinski definition) is 4. The van der Waals surface area contributed by atoms with Gasteiger partial charge in [0.25, 0.3) is 0 Å². The molecule has 5 nitrogen and oxygen atoms in total. The lowest BCUT2D eigenvalue weighted by Gasteiger charge is -2.34. The maximum atomic E-state index is 11.8. The van der Waals surface area contributed by atoms with E-state index in [1.807, 2.05) is 0 Å². The molecule has 21 heavy (non-hydrogen) atoms. The largest absolute Gasteiger partial charge is 0.480 e. The van der Waals surface area contributed by atoms with Crippen LogP contribution in [0.4, 0.5) is 0 Å². The quantitative estimate of drug-likeness (QED) is 0.749. The van der Waals surface area contributed by atoms with Crippen LogP contribution in [0.2, 0.25) is 0 Å². The van der Waals surface area contributed by atoms with Crippen LogP contribution in [0.5, 0.6) is 0 Å². The third-order valence-corrected chi connectivity index (χ3v) is 5.00. The fourth-order valence-electron chi connectivity index (χ4n) is 3.77. The molecule has 5 heteroatoms. The summed E-state index contributed by atoms with van der Waals surface area (Å²) in [7, 11) is 0. The van der Waals surface area contributed by atoms with Crippen molar-refractivity contribution < 1.29 is 14.6 Å². The average Bonchev–Trinajstić information content (AvgIpc) is 2.71. The lowest BCUT2D eigenvalue weighted by molar-refractivity contribution is -0.146. The van der Waals surface area contributed by atoms with E-state index in [0.29, 0.717) is 0 Å². The van der Waals surface area contributed by atoms with Gasteiger partial charge in [-0.3, -0.25) is 4.79 Å². The highest BCUT2D eigenvalue weighted by atomic mass is 16.5. The molecule has 2 rings (SSSR count). The van der Waals surface area contributed by atoms with Crippen LogP contribution in [0.25, 0.3) is 0 Å². The Morgan fingerprint density at radius 1 is 1.38 bits per heavy atom. The number of carboxylic acid groups (broad SMARTS) is 1. The van der Waals surface area contributed by atoms with E-state index in [9.17, 15) is 9.90 Å². The van der Waals surface area contributed by atoms with Gasteiger partial charge in [0.1, 0.15) is 5.54 Å². The molecule has 0 radical (unpaired) electrons. The molecular formula is C16H30N2O3. The van der Waals surface area contributed by atoms with Gasteiger partial charge in [0, 0.05) is 19.7 Å². The zero-order valence-electron chi connectivity index (χ0n) is 13.3. The fourth-order valence-corrected chi connectivity index (χ4v) is 3.77. The van der Waals surface area contributed by atoms with E-state index in [2.05, 4.69) is 17.1 Å². The molecule has 1 aliphatic carbocycles. The number of nitrogens with zero attached hydrogens (tertiary/aromatic N) is 1. The summed E-state index contributed by atoms with van der Waals surface area (Å²) in [5, 5.41) is 13.1. The van der Waals surface area contributed by atoms with Gasteiger partial charge in [0.2, 0.25) is 0 Å². The zero-order chi connectivity index (χ0) is 15.1. The molecule has 2 atom stereocenters. The van der Waals surface area contributed by atoms with Crippen LogP contribution in [0, 0.1) is 5.92 Å². The summed E-state index contributed by atoms with van der Waals surface area (Å²) in [5.74, 6) is -0.400. The Labute approximate surface area is 128 Å². The highest BCUT2D eigenvalue weighted by Crippen LogP contribution is 2.38. The van der Waals surface area contributed by atoms with Crippen LogP contribution in [-0.4, -0.2) is 60.9 Å². The van der Waals surface area contributed by atoms with Gasteiger partial charge in [-0.2, -0.15) is 0 Å². The van der Waals surface area contributed by atoms with Gasteiger partial charge in [-0.15, -0.1) is 0 Å². The van der Waals surface area contributed by atoms with Gasteiger partial charge in [-0.1, -0.05) is 13.3 Å². The average molecular weight is 298 g/mol. The molecule has 0 bridgehead atoms. The molecule has 2 N–H and O–H groups in total. The second-order valence-corrected chi connectivity index (χ2v) is 6.39. The van der Waals surface area contributed by atoms with Crippen LogP contribution in [0.3, 0.4) is 0 Å². The number of hydrogen-bond donors (Lipinski definition) is 2. The Morgan fingerprint density at radius 3 is 3.00 bits per heavy atom. The Bertz CT molecular complexity index is 329. The molecule has 0 aromatic rings. The number of carboxylic acids is 1. The normalized spacial score (nSPS) is 31.2. The van der Waals surface area contributed by atoms with Gasteiger partial charge in [-0.25, -0.2) is 0 Å². The van der Waals surface area contributed by atoms with Crippen molar-refractivity contribution in [2.45, 2.75) is 51.0 Å². The summed E-state index contributed by atoms with van der Waals surface area (Å²) >= 11 is 0. The number of aliphatic carboxylic acids is 1. The Kier molecular flexibility index (Phi) is 6.45. The first-order valence-electron chi connectivity index (χ1n) is 8.47. The van der Waals surface area contributed by atoms with Gasteiger partial charge in [0.05, 0.1) is 6.61 Å². The van der Waals surface area contributed by atoms with E-state index in [1.54, 1.807) is 0 Å². The summed E-state index contributed by atoms with van der Waals surface area (Å²) in [6, 6.07) is 0. The third-order valence-electron chi connectivity index (χ3n) is 5.00. The van der Waals surface area contributed by atoms with E-state index >= 15 is 0 Å². The molecule has 1 saturated carbocycles. The number of nitrogens with one attached hydrogen (secondary N) is 1. The molecule has 0 aromatic heterocycles. The van der Waals surface area contributed by atoms with E-state index in [0.717, 1.165) is 77.9 Å². The first-order chi connectivity index (χ1) is 10.2. The summed E-state index contributed by atoms with van der Waals surface area (Å²) in [4.78, 5) is 14.3. The predicted octanol–water partition coefficient (Wildman–Crippen LogP) is 1.72. The minimum absolute atomic E-state index is 0.255. The highest BCUT2D eigenvalue weighted by Gasteiger charge is 2.48. The van der Waals surface area contributed by atoms with Crippen molar-refractivity contribution in [3.8, 4) is 0 Å². The Balaban J connectivity index is 1.91. The van der Waals surface area contributed by atoms with Gasteiger partial charge in [-0.05, 0) is 51.1 Å². The summed E-state index contributed by atoms with van der Waals surface area (Å²) in [6.07, 6.45) is 5.87. The molecule has 0 spiro atoms. The first-order valence-corrected chi connectivity index (χ1v) is 8.47. The molecule has 1 aliphatic heterocycles. The molecule has 2 aliphatic rings. The van der Waals surface area contributed by atoms with Crippen LogP contribution in [-0.2, 0) is 9.53 Å². The van der Waals surface area contributed by atoms with Crippen molar-refractivity contribution in [1.29, 1.82) is 0 Å². The SMILES string of the molecule is CCCNC1(C(=O)O)CCCC1CCN1CCCOCC1. The molecule has 0 aromatic carbocycles. The van der Waals surface area contributed by atoms with E-state index in [1.165, 1.54) is 0 Å². The van der Waals surface area contributed by atoms with Gasteiger partial charge in [0.15, 0.2) is 0 Å². The molecule has 1 saturated heterocycles. The van der Waals surface area contributed by atoms with Crippen molar-refractivity contribution in [2.24, 2.45) is 5.92 Å². The van der Waals surface area contributed by atoms with Gasteiger partial charge >= 0.3 is 5.97 Å². The Hall–Kier alpha value is -0.650. The number of ether oxygens (including phenoxy) is 1. The van der Waals surface area contributed by atoms with Crippen LogP contribution in [0.15, 0.2) is 0 Å². The molecule has 122 valence electrons. The minimum Gasteiger partial charge on any atom is -0.480 e. The van der Waals surface area contributed by atoms with E-state index < -0.39 is 11.5 Å². The molecule has 2 unspecified atom stereocenters. The molecule has 0 amide bonds. The summed E-state index contributed by atoms with van der Waals surface area (Å²) < 4.78 is 5.48. The monoisotopic (exact) mass is 298 g/mol. The van der Waals surface area contributed by atoms with E-state index in [-0.39, 0.29) is 5.92 Å². The zero-order valence-corrected chi connectivity index (χ0v) is 13.3. The second kappa shape index (κ2) is 8.11. The third kappa shape index (κ3) is 4.18. The molecule has 2 fully saturated rings. The van der Waals surface area contributed by atoms with Gasteiger partial charge < -0.3 is 20.1 Å². The number of rotatable bonds is 7. The fraction of sp³-hybridized carbons (Fsp3) is 0.938. The van der Waals surface area contributed by atoms with Crippen molar-refractivity contribution in [3.05, 3.63) is 0 Å².